The Bertz CT molecular complexity index is 1250. The van der Waals surface area contributed by atoms with Crippen LogP contribution in [0.15, 0.2) is 83.8 Å². The molecule has 0 saturated carbocycles. The van der Waals surface area contributed by atoms with E-state index in [1.165, 1.54) is 30.3 Å². The van der Waals surface area contributed by atoms with E-state index in [0.29, 0.717) is 23.8 Å². The number of benzene rings is 3. The zero-order chi connectivity index (χ0) is 26.2. The van der Waals surface area contributed by atoms with Crippen LogP contribution in [0.5, 0.6) is 5.75 Å². The minimum atomic E-state index is -4.67. The van der Waals surface area contributed by atoms with Gasteiger partial charge in [-0.2, -0.15) is 13.2 Å². The summed E-state index contributed by atoms with van der Waals surface area (Å²) < 4.78 is 72.4. The Morgan fingerprint density at radius 2 is 1.67 bits per heavy atom. The van der Waals surface area contributed by atoms with Crippen LogP contribution in [0.2, 0.25) is 0 Å². The predicted octanol–water partition coefficient (Wildman–Crippen LogP) is 5.05. The van der Waals surface area contributed by atoms with Crippen molar-refractivity contribution in [1.82, 2.24) is 5.32 Å². The first-order chi connectivity index (χ1) is 17.1. The summed E-state index contributed by atoms with van der Waals surface area (Å²) in [5.41, 5.74) is -0.216. The number of amides is 1. The standard InChI is InChI=1S/C26H27F3N2O4S/c1-2-35-23-15-13-20(14-16-23)8-7-17-30-25(32)19-31(36(33,34)24-11-4-3-5-12-24)22-10-6-9-21(18-22)26(27,28)29/h3-6,9-16,18H,2,7-8,17,19H2,1H3,(H,30,32). The monoisotopic (exact) mass is 520 g/mol. The zero-order valence-corrected chi connectivity index (χ0v) is 20.5. The molecule has 192 valence electrons. The van der Waals surface area contributed by atoms with Gasteiger partial charge in [0, 0.05) is 6.54 Å². The molecular formula is C26H27F3N2O4S. The Morgan fingerprint density at radius 1 is 0.972 bits per heavy atom. The molecule has 0 saturated heterocycles. The van der Waals surface area contributed by atoms with Crippen LogP contribution < -0.4 is 14.4 Å². The van der Waals surface area contributed by atoms with Gasteiger partial charge in [0.25, 0.3) is 10.0 Å². The number of rotatable bonds is 11. The second-order valence-corrected chi connectivity index (χ2v) is 9.77. The van der Waals surface area contributed by atoms with Crippen molar-refractivity contribution in [2.24, 2.45) is 0 Å². The molecule has 0 bridgehead atoms. The van der Waals surface area contributed by atoms with Gasteiger partial charge in [-0.05, 0) is 67.8 Å². The third-order valence-corrected chi connectivity index (χ3v) is 7.07. The Hall–Kier alpha value is -3.53. The molecule has 0 spiro atoms. The minimum Gasteiger partial charge on any atom is -0.494 e. The second-order valence-electron chi connectivity index (χ2n) is 7.90. The van der Waals surface area contributed by atoms with E-state index in [1.807, 2.05) is 31.2 Å². The molecule has 6 nitrogen and oxygen atoms in total. The van der Waals surface area contributed by atoms with Gasteiger partial charge in [-0.25, -0.2) is 8.42 Å². The molecule has 0 aliphatic carbocycles. The second kappa shape index (κ2) is 11.9. The molecule has 3 rings (SSSR count). The molecule has 0 aromatic heterocycles. The maximum atomic E-state index is 13.3. The summed E-state index contributed by atoms with van der Waals surface area (Å²) in [5.74, 6) is 0.141. The summed E-state index contributed by atoms with van der Waals surface area (Å²) >= 11 is 0. The molecule has 0 aliphatic heterocycles. The van der Waals surface area contributed by atoms with Gasteiger partial charge >= 0.3 is 6.18 Å². The fourth-order valence-electron chi connectivity index (χ4n) is 3.50. The first-order valence-corrected chi connectivity index (χ1v) is 12.8. The van der Waals surface area contributed by atoms with E-state index in [-0.39, 0.29) is 17.1 Å². The zero-order valence-electron chi connectivity index (χ0n) is 19.7. The number of aryl methyl sites for hydroxylation is 1. The number of nitrogens with one attached hydrogen (secondary N) is 1. The fraction of sp³-hybridized carbons (Fsp3) is 0.269. The molecule has 0 fully saturated rings. The van der Waals surface area contributed by atoms with E-state index < -0.39 is 34.2 Å². The average Bonchev–Trinajstić information content (AvgIpc) is 2.86. The normalized spacial score (nSPS) is 11.7. The van der Waals surface area contributed by atoms with Crippen LogP contribution in [0, 0.1) is 0 Å². The first-order valence-electron chi connectivity index (χ1n) is 11.3. The number of anilines is 1. The summed E-state index contributed by atoms with van der Waals surface area (Å²) in [7, 11) is -4.30. The Morgan fingerprint density at radius 3 is 2.31 bits per heavy atom. The number of carbonyl (C=O) groups is 1. The lowest BCUT2D eigenvalue weighted by Crippen LogP contribution is -2.41. The van der Waals surface area contributed by atoms with Crippen LogP contribution >= 0.6 is 0 Å². The van der Waals surface area contributed by atoms with Gasteiger partial charge in [0.15, 0.2) is 0 Å². The van der Waals surface area contributed by atoms with E-state index in [4.69, 9.17) is 4.74 Å². The molecule has 0 heterocycles. The van der Waals surface area contributed by atoms with Crippen LogP contribution in [0.25, 0.3) is 0 Å². The largest absolute Gasteiger partial charge is 0.494 e. The minimum absolute atomic E-state index is 0.134. The molecule has 0 atom stereocenters. The van der Waals surface area contributed by atoms with Gasteiger partial charge in [0.05, 0.1) is 22.8 Å². The van der Waals surface area contributed by atoms with Crippen molar-refractivity contribution in [2.75, 3.05) is 24.0 Å². The molecule has 10 heteroatoms. The molecule has 0 aliphatic rings. The number of hydrogen-bond acceptors (Lipinski definition) is 4. The highest BCUT2D eigenvalue weighted by molar-refractivity contribution is 7.92. The molecule has 1 amide bonds. The fourth-order valence-corrected chi connectivity index (χ4v) is 4.93. The highest BCUT2D eigenvalue weighted by Gasteiger charge is 2.33. The summed E-state index contributed by atoms with van der Waals surface area (Å²) in [6.45, 7) is 2.08. The Balaban J connectivity index is 1.71. The SMILES string of the molecule is CCOc1ccc(CCCNC(=O)CN(c2cccc(C(F)(F)F)c2)S(=O)(=O)c2ccccc2)cc1. The van der Waals surface area contributed by atoms with Crippen molar-refractivity contribution >= 4 is 21.6 Å². The van der Waals surface area contributed by atoms with Crippen LogP contribution in [-0.4, -0.2) is 34.0 Å². The quantitative estimate of drug-likeness (QED) is 0.359. The Kier molecular flexibility index (Phi) is 8.98. The molecule has 1 N–H and O–H groups in total. The third-order valence-electron chi connectivity index (χ3n) is 5.28. The van der Waals surface area contributed by atoms with E-state index in [2.05, 4.69) is 5.32 Å². The van der Waals surface area contributed by atoms with Crippen molar-refractivity contribution in [1.29, 1.82) is 0 Å². The number of halogens is 3. The summed E-state index contributed by atoms with van der Waals surface area (Å²) in [4.78, 5) is 12.5. The van der Waals surface area contributed by atoms with Crippen molar-refractivity contribution in [3.8, 4) is 5.75 Å². The predicted molar refractivity (Wildman–Crippen MR) is 131 cm³/mol. The number of hydrogen-bond donors (Lipinski definition) is 1. The highest BCUT2D eigenvalue weighted by atomic mass is 32.2. The first kappa shape index (κ1) is 27.1. The van der Waals surface area contributed by atoms with Crippen molar-refractivity contribution in [3.05, 3.63) is 90.0 Å². The van der Waals surface area contributed by atoms with Crippen LogP contribution in [0.1, 0.15) is 24.5 Å². The molecule has 3 aromatic carbocycles. The lowest BCUT2D eigenvalue weighted by atomic mass is 10.1. The van der Waals surface area contributed by atoms with Gasteiger partial charge in [0.2, 0.25) is 5.91 Å². The smallest absolute Gasteiger partial charge is 0.416 e. The number of carbonyl (C=O) groups excluding carboxylic acids is 1. The van der Waals surface area contributed by atoms with Gasteiger partial charge in [-0.3, -0.25) is 9.10 Å². The third kappa shape index (κ3) is 7.24. The maximum absolute atomic E-state index is 13.3. The van der Waals surface area contributed by atoms with E-state index in [9.17, 15) is 26.4 Å². The molecule has 3 aromatic rings. The maximum Gasteiger partial charge on any atom is 0.416 e. The number of sulfonamides is 1. The highest BCUT2D eigenvalue weighted by Crippen LogP contribution is 2.33. The van der Waals surface area contributed by atoms with Gasteiger partial charge in [-0.1, -0.05) is 36.4 Å². The van der Waals surface area contributed by atoms with E-state index >= 15 is 0 Å². The van der Waals surface area contributed by atoms with Crippen LogP contribution in [0.4, 0.5) is 18.9 Å². The van der Waals surface area contributed by atoms with Crippen LogP contribution in [-0.2, 0) is 27.4 Å². The number of ether oxygens (including phenoxy) is 1. The molecule has 0 unspecified atom stereocenters. The summed E-state index contributed by atoms with van der Waals surface area (Å²) in [6.07, 6.45) is -3.40. The summed E-state index contributed by atoms with van der Waals surface area (Å²) in [5, 5.41) is 2.66. The lowest BCUT2D eigenvalue weighted by Gasteiger charge is -2.25. The molecule has 0 radical (unpaired) electrons. The average molecular weight is 521 g/mol. The van der Waals surface area contributed by atoms with E-state index in [1.54, 1.807) is 6.07 Å². The van der Waals surface area contributed by atoms with Gasteiger partial charge in [-0.15, -0.1) is 0 Å². The van der Waals surface area contributed by atoms with Gasteiger partial charge in [0.1, 0.15) is 12.3 Å². The molecule has 36 heavy (non-hydrogen) atoms. The number of alkyl halides is 3. The van der Waals surface area contributed by atoms with Crippen LogP contribution in [0.3, 0.4) is 0 Å². The van der Waals surface area contributed by atoms with E-state index in [0.717, 1.165) is 29.5 Å². The Labute approximate surface area is 208 Å². The lowest BCUT2D eigenvalue weighted by molar-refractivity contribution is -0.137. The van der Waals surface area contributed by atoms with Crippen molar-refractivity contribution in [2.45, 2.75) is 30.8 Å². The summed E-state index contributed by atoms with van der Waals surface area (Å²) in [6, 6.07) is 18.7. The molecular weight excluding hydrogens is 493 g/mol. The number of nitrogens with zero attached hydrogens (tertiary/aromatic N) is 1. The van der Waals surface area contributed by atoms with Crippen molar-refractivity contribution < 1.29 is 31.1 Å². The van der Waals surface area contributed by atoms with Gasteiger partial charge < -0.3 is 10.1 Å². The van der Waals surface area contributed by atoms with Crippen molar-refractivity contribution in [3.63, 3.8) is 0 Å². The topological polar surface area (TPSA) is 75.7 Å².